The van der Waals surface area contributed by atoms with Crippen molar-refractivity contribution in [3.63, 3.8) is 0 Å². The fourth-order valence-electron chi connectivity index (χ4n) is 3.11. The van der Waals surface area contributed by atoms with Gasteiger partial charge in [-0.2, -0.15) is 0 Å². The molecule has 2 N–H and O–H groups in total. The molecule has 7 heteroatoms. The van der Waals surface area contributed by atoms with Crippen LogP contribution in [0, 0.1) is 0 Å². The summed E-state index contributed by atoms with van der Waals surface area (Å²) in [6.45, 7) is 4.79. The first-order valence-electron chi connectivity index (χ1n) is 9.42. The number of aromatic amines is 1. The number of unbranched alkanes of at least 4 members (excludes halogenated alkanes) is 1. The van der Waals surface area contributed by atoms with E-state index in [4.69, 9.17) is 4.74 Å². The first-order valence-corrected chi connectivity index (χ1v) is 10.4. The van der Waals surface area contributed by atoms with Crippen molar-refractivity contribution in [1.82, 2.24) is 9.97 Å². The van der Waals surface area contributed by atoms with Gasteiger partial charge >= 0.3 is 0 Å². The lowest BCUT2D eigenvalue weighted by Gasteiger charge is -2.26. The molecule has 2 aromatic rings. The van der Waals surface area contributed by atoms with Gasteiger partial charge in [-0.15, -0.1) is 0 Å². The average Bonchev–Trinajstić information content (AvgIpc) is 2.66. The molecule has 144 valence electrons. The largest absolute Gasteiger partial charge is 0.493 e. The van der Waals surface area contributed by atoms with Crippen molar-refractivity contribution in [3.8, 4) is 5.75 Å². The van der Waals surface area contributed by atoms with E-state index in [0.29, 0.717) is 23.1 Å². The smallest absolute Gasteiger partial charge is 0.257 e. The Balaban J connectivity index is 2.00. The van der Waals surface area contributed by atoms with Gasteiger partial charge in [0.2, 0.25) is 5.91 Å². The van der Waals surface area contributed by atoms with Crippen molar-refractivity contribution in [2.24, 2.45) is 0 Å². The predicted octanol–water partition coefficient (Wildman–Crippen LogP) is 3.93. The van der Waals surface area contributed by atoms with Crippen LogP contribution >= 0.6 is 11.8 Å². The number of carbonyl (C=O) groups excluding carboxylic acids is 1. The maximum absolute atomic E-state index is 12.8. The Morgan fingerprint density at radius 3 is 2.81 bits per heavy atom. The highest BCUT2D eigenvalue weighted by atomic mass is 32.2. The SMILES string of the molecule is CCCCOc1ccccc1C1CC(=O)Nc2nc(SCCC)[nH]c(=O)c21. The number of H-pyrrole nitrogens is 1. The van der Waals surface area contributed by atoms with Crippen molar-refractivity contribution in [2.75, 3.05) is 17.7 Å². The number of amides is 1. The zero-order valence-corrected chi connectivity index (χ0v) is 16.5. The molecule has 1 amide bonds. The van der Waals surface area contributed by atoms with Crippen molar-refractivity contribution in [1.29, 1.82) is 0 Å². The molecular formula is C20H25N3O3S. The Kier molecular flexibility index (Phi) is 6.55. The molecular weight excluding hydrogens is 362 g/mol. The van der Waals surface area contributed by atoms with Gasteiger partial charge in [-0.25, -0.2) is 4.98 Å². The molecule has 0 bridgehead atoms. The van der Waals surface area contributed by atoms with Crippen LogP contribution in [0.15, 0.2) is 34.2 Å². The van der Waals surface area contributed by atoms with E-state index < -0.39 is 0 Å². The number of para-hydroxylation sites is 1. The van der Waals surface area contributed by atoms with Gasteiger partial charge in [0, 0.05) is 23.7 Å². The molecule has 1 atom stereocenters. The molecule has 2 heterocycles. The van der Waals surface area contributed by atoms with E-state index in [1.807, 2.05) is 24.3 Å². The molecule has 1 unspecified atom stereocenters. The summed E-state index contributed by atoms with van der Waals surface area (Å²) in [5.41, 5.74) is 1.15. The maximum atomic E-state index is 12.8. The second-order valence-electron chi connectivity index (χ2n) is 6.53. The Labute approximate surface area is 163 Å². The lowest BCUT2D eigenvalue weighted by molar-refractivity contribution is -0.116. The van der Waals surface area contributed by atoms with Gasteiger partial charge in [0.25, 0.3) is 5.56 Å². The van der Waals surface area contributed by atoms with Crippen LogP contribution in [0.25, 0.3) is 0 Å². The summed E-state index contributed by atoms with van der Waals surface area (Å²) >= 11 is 1.48. The van der Waals surface area contributed by atoms with Crippen LogP contribution in [0.2, 0.25) is 0 Å². The summed E-state index contributed by atoms with van der Waals surface area (Å²) < 4.78 is 5.93. The number of anilines is 1. The first-order chi connectivity index (χ1) is 13.1. The molecule has 0 saturated carbocycles. The molecule has 0 radical (unpaired) electrons. The van der Waals surface area contributed by atoms with Crippen LogP contribution < -0.4 is 15.6 Å². The molecule has 1 aromatic carbocycles. The minimum atomic E-state index is -0.368. The topological polar surface area (TPSA) is 84.1 Å². The predicted molar refractivity (Wildman–Crippen MR) is 108 cm³/mol. The number of rotatable bonds is 8. The third-order valence-corrected chi connectivity index (χ3v) is 5.50. The first kappa shape index (κ1) is 19.5. The molecule has 0 aliphatic carbocycles. The Hall–Kier alpha value is -2.28. The number of ether oxygens (including phenoxy) is 1. The van der Waals surface area contributed by atoms with Crippen LogP contribution in [0.5, 0.6) is 5.75 Å². The minimum Gasteiger partial charge on any atom is -0.493 e. The highest BCUT2D eigenvalue weighted by molar-refractivity contribution is 7.99. The average molecular weight is 388 g/mol. The van der Waals surface area contributed by atoms with Gasteiger partial charge in [-0.05, 0) is 18.9 Å². The van der Waals surface area contributed by atoms with Gasteiger partial charge in [0.05, 0.1) is 12.2 Å². The van der Waals surface area contributed by atoms with E-state index in [9.17, 15) is 9.59 Å². The number of fused-ring (bicyclic) bond motifs is 1. The highest BCUT2D eigenvalue weighted by Gasteiger charge is 2.32. The number of aromatic nitrogens is 2. The maximum Gasteiger partial charge on any atom is 0.257 e. The van der Waals surface area contributed by atoms with E-state index in [2.05, 4.69) is 29.1 Å². The zero-order chi connectivity index (χ0) is 19.2. The summed E-state index contributed by atoms with van der Waals surface area (Å²) in [7, 11) is 0. The fourth-order valence-corrected chi connectivity index (χ4v) is 3.83. The van der Waals surface area contributed by atoms with Crippen LogP contribution in [-0.2, 0) is 4.79 Å². The second kappa shape index (κ2) is 9.08. The summed E-state index contributed by atoms with van der Waals surface area (Å²) in [5, 5.41) is 3.30. The highest BCUT2D eigenvalue weighted by Crippen LogP contribution is 2.38. The quantitative estimate of drug-likeness (QED) is 0.407. The summed E-state index contributed by atoms with van der Waals surface area (Å²) in [5.74, 6) is 1.43. The van der Waals surface area contributed by atoms with Gasteiger partial charge < -0.3 is 15.0 Å². The van der Waals surface area contributed by atoms with E-state index in [1.165, 1.54) is 11.8 Å². The third kappa shape index (κ3) is 4.53. The van der Waals surface area contributed by atoms with E-state index in [0.717, 1.165) is 36.3 Å². The van der Waals surface area contributed by atoms with Crippen molar-refractivity contribution in [3.05, 3.63) is 45.7 Å². The van der Waals surface area contributed by atoms with Crippen LogP contribution in [0.4, 0.5) is 5.82 Å². The van der Waals surface area contributed by atoms with E-state index in [1.54, 1.807) is 0 Å². The number of hydrogen-bond donors (Lipinski definition) is 2. The number of carbonyl (C=O) groups is 1. The summed E-state index contributed by atoms with van der Waals surface area (Å²) in [4.78, 5) is 32.5. The Morgan fingerprint density at radius 1 is 1.22 bits per heavy atom. The zero-order valence-electron chi connectivity index (χ0n) is 15.7. The third-order valence-electron chi connectivity index (χ3n) is 4.42. The van der Waals surface area contributed by atoms with Gasteiger partial charge in [0.15, 0.2) is 5.16 Å². The molecule has 1 aliphatic heterocycles. The molecule has 0 fully saturated rings. The molecule has 3 rings (SSSR count). The number of hydrogen-bond acceptors (Lipinski definition) is 5. The van der Waals surface area contributed by atoms with Crippen molar-refractivity contribution in [2.45, 2.75) is 50.6 Å². The molecule has 6 nitrogen and oxygen atoms in total. The number of nitrogens with zero attached hydrogens (tertiary/aromatic N) is 1. The Morgan fingerprint density at radius 2 is 2.04 bits per heavy atom. The summed E-state index contributed by atoms with van der Waals surface area (Å²) in [6.07, 6.45) is 3.17. The van der Waals surface area contributed by atoms with Crippen LogP contribution in [0.3, 0.4) is 0 Å². The van der Waals surface area contributed by atoms with E-state index in [-0.39, 0.29) is 23.8 Å². The normalized spacial score (nSPS) is 15.9. The number of nitrogens with one attached hydrogen (secondary N) is 2. The molecule has 1 aromatic heterocycles. The standard InChI is InChI=1S/C20H25N3O3S/c1-3-5-10-26-15-9-7-6-8-13(15)14-12-16(24)21-18-17(14)19(25)23-20(22-18)27-11-4-2/h6-9,14H,3-5,10-12H2,1-2H3,(H2,21,22,23,24,25). The lowest BCUT2D eigenvalue weighted by atomic mass is 9.86. The fraction of sp³-hybridized carbons (Fsp3) is 0.450. The number of benzene rings is 1. The number of thioether (sulfide) groups is 1. The monoisotopic (exact) mass is 387 g/mol. The molecule has 0 spiro atoms. The van der Waals surface area contributed by atoms with Gasteiger partial charge in [-0.1, -0.05) is 50.2 Å². The lowest BCUT2D eigenvalue weighted by Crippen LogP contribution is -2.31. The molecule has 0 saturated heterocycles. The molecule has 1 aliphatic rings. The van der Waals surface area contributed by atoms with E-state index >= 15 is 0 Å². The van der Waals surface area contributed by atoms with Crippen molar-refractivity contribution < 1.29 is 9.53 Å². The summed E-state index contributed by atoms with van der Waals surface area (Å²) in [6, 6.07) is 7.63. The van der Waals surface area contributed by atoms with Gasteiger partial charge in [0.1, 0.15) is 11.6 Å². The van der Waals surface area contributed by atoms with Gasteiger partial charge in [-0.3, -0.25) is 9.59 Å². The molecule has 27 heavy (non-hydrogen) atoms. The minimum absolute atomic E-state index is 0.139. The van der Waals surface area contributed by atoms with Crippen LogP contribution in [0.1, 0.15) is 56.6 Å². The van der Waals surface area contributed by atoms with Crippen molar-refractivity contribution >= 4 is 23.5 Å². The second-order valence-corrected chi connectivity index (χ2v) is 7.61. The van der Waals surface area contributed by atoms with Crippen LogP contribution in [-0.4, -0.2) is 28.2 Å². The Bertz CT molecular complexity index is 866.